The minimum atomic E-state index is -1.62. The van der Waals surface area contributed by atoms with Crippen LogP contribution >= 0.6 is 0 Å². The van der Waals surface area contributed by atoms with Crippen molar-refractivity contribution in [1.82, 2.24) is 0 Å². The van der Waals surface area contributed by atoms with Gasteiger partial charge in [0.2, 0.25) is 0 Å². The van der Waals surface area contributed by atoms with Gasteiger partial charge in [-0.1, -0.05) is 33.3 Å². The van der Waals surface area contributed by atoms with Crippen LogP contribution in [0.5, 0.6) is 0 Å². The number of methoxy groups -OCH3 is 1. The Morgan fingerprint density at radius 2 is 1.63 bits per heavy atom. The highest BCUT2D eigenvalue weighted by Gasteiger charge is 2.61. The SMILES string of the molecule is CCCCC(C#N)=CC1C(C(=O)OCc2c(F)c(F)c(COC)c(F)c2F)C1(C)C. The maximum atomic E-state index is 14.2. The van der Waals surface area contributed by atoms with E-state index in [1.165, 1.54) is 0 Å². The van der Waals surface area contributed by atoms with Gasteiger partial charge in [0.1, 0.15) is 6.61 Å². The molecule has 1 aliphatic carbocycles. The lowest BCUT2D eigenvalue weighted by Crippen LogP contribution is -2.15. The fourth-order valence-electron chi connectivity index (χ4n) is 3.55. The molecule has 0 N–H and O–H groups in total. The van der Waals surface area contributed by atoms with Gasteiger partial charge in [-0.3, -0.25) is 4.79 Å². The fourth-order valence-corrected chi connectivity index (χ4v) is 3.55. The van der Waals surface area contributed by atoms with Crippen molar-refractivity contribution in [2.45, 2.75) is 53.2 Å². The summed E-state index contributed by atoms with van der Waals surface area (Å²) in [7, 11) is 1.13. The number of unbranched alkanes of at least 4 members (excludes halogenated alkanes) is 1. The van der Waals surface area contributed by atoms with Crippen molar-refractivity contribution in [1.29, 1.82) is 5.26 Å². The highest BCUT2D eigenvalue weighted by molar-refractivity contribution is 5.78. The van der Waals surface area contributed by atoms with Gasteiger partial charge in [0.15, 0.2) is 23.3 Å². The molecule has 164 valence electrons. The lowest BCUT2D eigenvalue weighted by Gasteiger charge is -2.12. The summed E-state index contributed by atoms with van der Waals surface area (Å²) in [6.45, 7) is 4.04. The Morgan fingerprint density at radius 3 is 2.10 bits per heavy atom. The summed E-state index contributed by atoms with van der Waals surface area (Å²) in [6.07, 6.45) is 4.11. The van der Waals surface area contributed by atoms with Crippen molar-refractivity contribution in [2.75, 3.05) is 7.11 Å². The van der Waals surface area contributed by atoms with E-state index in [0.29, 0.717) is 12.0 Å². The molecule has 1 aromatic carbocycles. The van der Waals surface area contributed by atoms with Gasteiger partial charge in [0.25, 0.3) is 0 Å². The Morgan fingerprint density at radius 1 is 1.10 bits per heavy atom. The smallest absolute Gasteiger partial charge is 0.310 e. The van der Waals surface area contributed by atoms with E-state index < -0.39 is 64.9 Å². The number of carbonyl (C=O) groups excluding carboxylic acids is 1. The third kappa shape index (κ3) is 4.67. The number of nitrogens with zero attached hydrogens (tertiary/aromatic N) is 1. The van der Waals surface area contributed by atoms with Gasteiger partial charge in [0.05, 0.1) is 29.7 Å². The number of esters is 1. The van der Waals surface area contributed by atoms with Crippen LogP contribution < -0.4 is 0 Å². The molecule has 2 rings (SSSR count). The number of carbonyl (C=O) groups is 1. The Bertz CT molecular complexity index is 860. The van der Waals surface area contributed by atoms with Crippen LogP contribution in [0.25, 0.3) is 0 Å². The molecule has 8 heteroatoms. The molecule has 0 heterocycles. The number of hydrogen-bond donors (Lipinski definition) is 0. The summed E-state index contributed by atoms with van der Waals surface area (Å²) in [5.74, 6) is -8.01. The molecule has 0 radical (unpaired) electrons. The van der Waals surface area contributed by atoms with Crippen molar-refractivity contribution < 1.29 is 31.8 Å². The zero-order chi connectivity index (χ0) is 22.6. The summed E-state index contributed by atoms with van der Waals surface area (Å²) >= 11 is 0. The second kappa shape index (κ2) is 9.61. The molecule has 2 atom stereocenters. The average molecular weight is 427 g/mol. The Hall–Kier alpha value is -2.40. The van der Waals surface area contributed by atoms with Gasteiger partial charge in [0, 0.05) is 12.7 Å². The number of benzene rings is 1. The average Bonchev–Trinajstić information content (AvgIpc) is 3.26. The second-order valence-corrected chi connectivity index (χ2v) is 7.99. The number of rotatable bonds is 9. The minimum Gasteiger partial charge on any atom is -0.460 e. The minimum absolute atomic E-state index is 0.260. The number of hydrogen-bond acceptors (Lipinski definition) is 4. The number of halogens is 4. The summed E-state index contributed by atoms with van der Waals surface area (Å²) < 4.78 is 65.9. The molecule has 4 nitrogen and oxygen atoms in total. The number of allylic oxidation sites excluding steroid dienone is 2. The summed E-state index contributed by atoms with van der Waals surface area (Å²) in [4.78, 5) is 12.5. The van der Waals surface area contributed by atoms with E-state index >= 15 is 0 Å². The maximum Gasteiger partial charge on any atom is 0.310 e. The first kappa shape index (κ1) is 23.9. The van der Waals surface area contributed by atoms with E-state index in [4.69, 9.17) is 4.74 Å². The number of nitriles is 1. The molecule has 1 saturated carbocycles. The molecular formula is C22H25F4NO3. The molecule has 0 amide bonds. The molecule has 1 aliphatic rings. The largest absolute Gasteiger partial charge is 0.460 e. The van der Waals surface area contributed by atoms with Crippen LogP contribution in [0.2, 0.25) is 0 Å². The fraction of sp³-hybridized carbons (Fsp3) is 0.545. The maximum absolute atomic E-state index is 14.2. The van der Waals surface area contributed by atoms with Crippen LogP contribution in [0.15, 0.2) is 11.6 Å². The van der Waals surface area contributed by atoms with Crippen LogP contribution in [-0.4, -0.2) is 13.1 Å². The topological polar surface area (TPSA) is 59.3 Å². The van der Waals surface area contributed by atoms with Crippen molar-refractivity contribution in [3.05, 3.63) is 46.0 Å². The van der Waals surface area contributed by atoms with Gasteiger partial charge in [-0.25, -0.2) is 17.6 Å². The van der Waals surface area contributed by atoms with Crippen LogP contribution in [0.3, 0.4) is 0 Å². The Labute approximate surface area is 173 Å². The predicted octanol–water partition coefficient (Wildman–Crippen LogP) is 5.34. The quantitative estimate of drug-likeness (QED) is 0.231. The molecule has 0 bridgehead atoms. The van der Waals surface area contributed by atoms with Crippen LogP contribution in [-0.2, 0) is 27.5 Å². The first-order valence-electron chi connectivity index (χ1n) is 9.71. The van der Waals surface area contributed by atoms with Crippen molar-refractivity contribution >= 4 is 5.97 Å². The molecule has 2 unspecified atom stereocenters. The van der Waals surface area contributed by atoms with Gasteiger partial charge in [-0.2, -0.15) is 5.26 Å². The van der Waals surface area contributed by atoms with E-state index in [-0.39, 0.29) is 5.92 Å². The van der Waals surface area contributed by atoms with Crippen LogP contribution in [0.1, 0.15) is 51.2 Å². The molecule has 0 aliphatic heterocycles. The molecule has 0 aromatic heterocycles. The van der Waals surface area contributed by atoms with E-state index in [1.54, 1.807) is 6.08 Å². The lowest BCUT2D eigenvalue weighted by molar-refractivity contribution is -0.147. The van der Waals surface area contributed by atoms with Gasteiger partial charge in [-0.15, -0.1) is 0 Å². The zero-order valence-electron chi connectivity index (χ0n) is 17.5. The summed E-state index contributed by atoms with van der Waals surface area (Å²) in [5.41, 5.74) is -1.79. The molecule has 1 fully saturated rings. The molecule has 0 saturated heterocycles. The predicted molar refractivity (Wildman–Crippen MR) is 101 cm³/mol. The number of ether oxygens (including phenoxy) is 2. The third-order valence-electron chi connectivity index (χ3n) is 5.58. The van der Waals surface area contributed by atoms with E-state index in [1.807, 2.05) is 20.8 Å². The highest BCUT2D eigenvalue weighted by atomic mass is 19.2. The van der Waals surface area contributed by atoms with Crippen molar-refractivity contribution in [2.24, 2.45) is 17.3 Å². The monoisotopic (exact) mass is 427 g/mol. The standard InChI is InChI=1S/C22H25F4NO3/c1-5-6-7-12(9-27)8-15-16(22(15,2)3)21(28)30-11-14-19(25)17(23)13(10-29-4)18(24)20(14)26/h8,15-16H,5-7,10-11H2,1-4H3. The Balaban J connectivity index is 2.15. The first-order chi connectivity index (χ1) is 14.1. The molecular weight excluding hydrogens is 402 g/mol. The lowest BCUT2D eigenvalue weighted by atomic mass is 10.0. The van der Waals surface area contributed by atoms with Crippen molar-refractivity contribution in [3.8, 4) is 6.07 Å². The van der Waals surface area contributed by atoms with Crippen molar-refractivity contribution in [3.63, 3.8) is 0 Å². The van der Waals surface area contributed by atoms with Crippen LogP contribution in [0.4, 0.5) is 17.6 Å². The van der Waals surface area contributed by atoms with Gasteiger partial charge < -0.3 is 9.47 Å². The van der Waals surface area contributed by atoms with Gasteiger partial charge in [-0.05, 0) is 24.2 Å². The zero-order valence-corrected chi connectivity index (χ0v) is 17.5. The first-order valence-corrected chi connectivity index (χ1v) is 9.71. The van der Waals surface area contributed by atoms with E-state index in [2.05, 4.69) is 10.8 Å². The second-order valence-electron chi connectivity index (χ2n) is 7.99. The van der Waals surface area contributed by atoms with Crippen LogP contribution in [0, 0.1) is 51.9 Å². The summed E-state index contributed by atoms with van der Waals surface area (Å²) in [5, 5.41) is 9.25. The van der Waals surface area contributed by atoms with Gasteiger partial charge >= 0.3 is 5.97 Å². The molecule has 30 heavy (non-hydrogen) atoms. The Kier molecular flexibility index (Phi) is 7.64. The highest BCUT2D eigenvalue weighted by Crippen LogP contribution is 2.60. The van der Waals surface area contributed by atoms with E-state index in [9.17, 15) is 27.6 Å². The summed E-state index contributed by atoms with van der Waals surface area (Å²) in [6, 6.07) is 2.12. The van der Waals surface area contributed by atoms with E-state index in [0.717, 1.165) is 20.0 Å². The normalized spacial score (nSPS) is 20.0. The molecule has 1 aromatic rings. The molecule has 0 spiro atoms. The third-order valence-corrected chi connectivity index (χ3v) is 5.58.